The number of hydrogen-bond acceptors (Lipinski definition) is 2. The lowest BCUT2D eigenvalue weighted by atomic mass is 10.1. The molecule has 78 valence electrons. The highest BCUT2D eigenvalue weighted by Crippen LogP contribution is 2.06. The molecule has 0 bridgehead atoms. The molecular weight excluding hydrogens is 164 g/mol. The van der Waals surface area contributed by atoms with Gasteiger partial charge >= 0.3 is 5.97 Å². The Morgan fingerprint density at radius 1 is 1.15 bits per heavy atom. The van der Waals surface area contributed by atoms with Gasteiger partial charge < -0.3 is 4.74 Å². The molecular formula is C11H22O2. The summed E-state index contributed by atoms with van der Waals surface area (Å²) in [4.78, 5) is 11.1. The predicted molar refractivity (Wildman–Crippen MR) is 54.6 cm³/mol. The van der Waals surface area contributed by atoms with Gasteiger partial charge in [0.25, 0.3) is 0 Å². The molecule has 0 amide bonds. The van der Waals surface area contributed by atoms with Crippen LogP contribution < -0.4 is 0 Å². The lowest BCUT2D eigenvalue weighted by Gasteiger charge is -2.07. The van der Waals surface area contributed by atoms with Crippen molar-refractivity contribution in [3.63, 3.8) is 0 Å². The second-order valence-corrected chi connectivity index (χ2v) is 3.70. The van der Waals surface area contributed by atoms with Gasteiger partial charge in [0.15, 0.2) is 0 Å². The molecule has 0 saturated carbocycles. The third kappa shape index (κ3) is 9.38. The summed E-state index contributed by atoms with van der Waals surface area (Å²) in [5.41, 5.74) is 0. The number of rotatable bonds is 7. The van der Waals surface area contributed by atoms with Crippen LogP contribution in [0, 0.1) is 0 Å². The number of ether oxygens (including phenoxy) is 1. The van der Waals surface area contributed by atoms with Crippen LogP contribution >= 0.6 is 0 Å². The van der Waals surface area contributed by atoms with E-state index in [1.54, 1.807) is 0 Å². The Labute approximate surface area is 81.7 Å². The minimum atomic E-state index is -0.0495. The Morgan fingerprint density at radius 3 is 2.31 bits per heavy atom. The summed E-state index contributed by atoms with van der Waals surface area (Å²) in [6.07, 6.45) is 6.51. The van der Waals surface area contributed by atoms with E-state index in [1.807, 2.05) is 13.8 Å². The minimum Gasteiger partial charge on any atom is -0.463 e. The summed E-state index contributed by atoms with van der Waals surface area (Å²) in [6.45, 7) is 5.96. The third-order valence-corrected chi connectivity index (χ3v) is 1.85. The number of hydrogen-bond donors (Lipinski definition) is 0. The second kappa shape index (κ2) is 8.09. The van der Waals surface area contributed by atoms with Gasteiger partial charge in [-0.2, -0.15) is 0 Å². The third-order valence-electron chi connectivity index (χ3n) is 1.85. The maximum absolute atomic E-state index is 11.1. The zero-order valence-corrected chi connectivity index (χ0v) is 9.14. The van der Waals surface area contributed by atoms with Crippen LogP contribution in [0.15, 0.2) is 0 Å². The first kappa shape index (κ1) is 12.5. The summed E-state index contributed by atoms with van der Waals surface area (Å²) < 4.78 is 5.02. The zero-order chi connectivity index (χ0) is 10.1. The lowest BCUT2D eigenvalue weighted by Crippen LogP contribution is -2.10. The van der Waals surface area contributed by atoms with Gasteiger partial charge in [-0.15, -0.1) is 0 Å². The van der Waals surface area contributed by atoms with E-state index in [-0.39, 0.29) is 12.1 Å². The maximum atomic E-state index is 11.1. The van der Waals surface area contributed by atoms with E-state index in [1.165, 1.54) is 19.3 Å². The van der Waals surface area contributed by atoms with Gasteiger partial charge in [-0.1, -0.05) is 32.6 Å². The SMILES string of the molecule is CCCCCCCC(=O)OC(C)C. The zero-order valence-electron chi connectivity index (χ0n) is 9.14. The van der Waals surface area contributed by atoms with Crippen LogP contribution in [0.2, 0.25) is 0 Å². The molecule has 0 aliphatic rings. The van der Waals surface area contributed by atoms with Crippen molar-refractivity contribution in [3.8, 4) is 0 Å². The van der Waals surface area contributed by atoms with Gasteiger partial charge in [0, 0.05) is 6.42 Å². The highest BCUT2D eigenvalue weighted by atomic mass is 16.5. The number of unbranched alkanes of at least 4 members (excludes halogenated alkanes) is 4. The van der Waals surface area contributed by atoms with Crippen molar-refractivity contribution in [2.45, 2.75) is 65.4 Å². The van der Waals surface area contributed by atoms with Crippen LogP contribution in [0.25, 0.3) is 0 Å². The van der Waals surface area contributed by atoms with Gasteiger partial charge in [-0.25, -0.2) is 0 Å². The summed E-state index contributed by atoms with van der Waals surface area (Å²) in [5.74, 6) is -0.0495. The smallest absolute Gasteiger partial charge is 0.306 e. The van der Waals surface area contributed by atoms with Crippen molar-refractivity contribution in [2.24, 2.45) is 0 Å². The minimum absolute atomic E-state index is 0.0307. The number of esters is 1. The largest absolute Gasteiger partial charge is 0.463 e. The van der Waals surface area contributed by atoms with Gasteiger partial charge in [0.05, 0.1) is 6.10 Å². The first-order valence-corrected chi connectivity index (χ1v) is 5.36. The molecule has 0 aromatic carbocycles. The average molecular weight is 186 g/mol. The molecule has 0 atom stereocenters. The standard InChI is InChI=1S/C11H22O2/c1-4-5-6-7-8-9-11(12)13-10(2)3/h10H,4-9H2,1-3H3. The molecule has 0 N–H and O–H groups in total. The molecule has 0 rings (SSSR count). The van der Waals surface area contributed by atoms with E-state index in [0.29, 0.717) is 6.42 Å². The van der Waals surface area contributed by atoms with Gasteiger partial charge in [0.2, 0.25) is 0 Å². The molecule has 0 aromatic heterocycles. The number of carbonyl (C=O) groups is 1. The molecule has 0 aliphatic heterocycles. The highest BCUT2D eigenvalue weighted by Gasteiger charge is 2.03. The fraction of sp³-hybridized carbons (Fsp3) is 0.909. The van der Waals surface area contributed by atoms with Crippen LogP contribution in [0.4, 0.5) is 0 Å². The molecule has 0 fully saturated rings. The first-order valence-electron chi connectivity index (χ1n) is 5.36. The average Bonchev–Trinajstić information content (AvgIpc) is 2.02. The fourth-order valence-electron chi connectivity index (χ4n) is 1.19. The highest BCUT2D eigenvalue weighted by molar-refractivity contribution is 5.69. The van der Waals surface area contributed by atoms with Crippen LogP contribution in [0.3, 0.4) is 0 Å². The van der Waals surface area contributed by atoms with E-state index in [0.717, 1.165) is 12.8 Å². The van der Waals surface area contributed by atoms with E-state index < -0.39 is 0 Å². The molecule has 13 heavy (non-hydrogen) atoms. The molecule has 0 aliphatic carbocycles. The molecule has 0 radical (unpaired) electrons. The monoisotopic (exact) mass is 186 g/mol. The fourth-order valence-corrected chi connectivity index (χ4v) is 1.19. The lowest BCUT2D eigenvalue weighted by molar-refractivity contribution is -0.147. The van der Waals surface area contributed by atoms with E-state index in [9.17, 15) is 4.79 Å². The van der Waals surface area contributed by atoms with Crippen LogP contribution in [0.5, 0.6) is 0 Å². The molecule has 2 nitrogen and oxygen atoms in total. The summed E-state index contributed by atoms with van der Waals surface area (Å²) in [6, 6.07) is 0. The van der Waals surface area contributed by atoms with Gasteiger partial charge in [-0.05, 0) is 20.3 Å². The Balaban J connectivity index is 3.17. The van der Waals surface area contributed by atoms with Crippen molar-refractivity contribution in [2.75, 3.05) is 0 Å². The molecule has 0 aromatic rings. The van der Waals surface area contributed by atoms with Crippen molar-refractivity contribution in [1.29, 1.82) is 0 Å². The molecule has 0 spiro atoms. The predicted octanol–water partition coefficient (Wildman–Crippen LogP) is 3.30. The van der Waals surface area contributed by atoms with Crippen LogP contribution in [0.1, 0.15) is 59.3 Å². The first-order chi connectivity index (χ1) is 6.16. The Morgan fingerprint density at radius 2 is 1.77 bits per heavy atom. The normalized spacial score (nSPS) is 10.5. The summed E-state index contributed by atoms with van der Waals surface area (Å²) >= 11 is 0. The van der Waals surface area contributed by atoms with Crippen molar-refractivity contribution >= 4 is 5.97 Å². The van der Waals surface area contributed by atoms with Crippen LogP contribution in [-0.2, 0) is 9.53 Å². The van der Waals surface area contributed by atoms with E-state index in [2.05, 4.69) is 6.92 Å². The molecule has 0 saturated heterocycles. The Kier molecular flexibility index (Phi) is 7.76. The van der Waals surface area contributed by atoms with E-state index >= 15 is 0 Å². The molecule has 2 heteroatoms. The topological polar surface area (TPSA) is 26.3 Å². The Bertz CT molecular complexity index is 130. The van der Waals surface area contributed by atoms with Crippen LogP contribution in [-0.4, -0.2) is 12.1 Å². The van der Waals surface area contributed by atoms with Crippen molar-refractivity contribution in [1.82, 2.24) is 0 Å². The number of carbonyl (C=O) groups excluding carboxylic acids is 1. The molecule has 0 unspecified atom stereocenters. The quantitative estimate of drug-likeness (QED) is 0.450. The summed E-state index contributed by atoms with van der Waals surface area (Å²) in [7, 11) is 0. The van der Waals surface area contributed by atoms with Gasteiger partial charge in [-0.3, -0.25) is 4.79 Å². The molecule has 0 heterocycles. The van der Waals surface area contributed by atoms with Crippen molar-refractivity contribution < 1.29 is 9.53 Å². The summed E-state index contributed by atoms with van der Waals surface area (Å²) in [5, 5.41) is 0. The van der Waals surface area contributed by atoms with Crippen molar-refractivity contribution in [3.05, 3.63) is 0 Å². The van der Waals surface area contributed by atoms with Gasteiger partial charge in [0.1, 0.15) is 0 Å². The van der Waals surface area contributed by atoms with E-state index in [4.69, 9.17) is 4.74 Å². The Hall–Kier alpha value is -0.530. The second-order valence-electron chi connectivity index (χ2n) is 3.70. The maximum Gasteiger partial charge on any atom is 0.306 e.